The monoisotopic (exact) mass is 469 g/mol. The van der Waals surface area contributed by atoms with Crippen molar-refractivity contribution in [3.63, 3.8) is 0 Å². The van der Waals surface area contributed by atoms with Gasteiger partial charge in [0.25, 0.3) is 0 Å². The third-order valence-electron chi connectivity index (χ3n) is 6.66. The second kappa shape index (κ2) is 10.2. The molecule has 1 fully saturated rings. The summed E-state index contributed by atoms with van der Waals surface area (Å²) in [5.41, 5.74) is 11.5. The second-order valence-corrected chi connectivity index (χ2v) is 8.87. The number of piperazine rings is 1. The number of nitrogens with one attached hydrogen (secondary N) is 1. The van der Waals surface area contributed by atoms with Crippen molar-refractivity contribution in [3.8, 4) is 17.1 Å². The molecule has 0 radical (unpaired) electrons. The summed E-state index contributed by atoms with van der Waals surface area (Å²) in [5.74, 6) is 1.23. The first-order valence-electron chi connectivity index (χ1n) is 12.2. The molecule has 1 aromatic heterocycles. The van der Waals surface area contributed by atoms with Crippen LogP contribution >= 0.6 is 0 Å². The average Bonchev–Trinajstić information content (AvgIpc) is 3.34. The van der Waals surface area contributed by atoms with E-state index in [0.29, 0.717) is 12.2 Å². The number of carbonyl (C=O) groups excluding carboxylic acids is 1. The van der Waals surface area contributed by atoms with Gasteiger partial charge in [-0.3, -0.25) is 9.69 Å². The zero-order valence-electron chi connectivity index (χ0n) is 20.0. The number of aromatic amines is 1. The number of ether oxygens (including phenoxy) is 1. The van der Waals surface area contributed by atoms with Gasteiger partial charge >= 0.3 is 0 Å². The minimum atomic E-state index is -0.429. The summed E-state index contributed by atoms with van der Waals surface area (Å²) in [6.07, 6.45) is 1.03. The molecule has 0 bridgehead atoms. The molecular weight excluding hydrogens is 438 g/mol. The quantitative estimate of drug-likeness (QED) is 0.406. The zero-order valence-corrected chi connectivity index (χ0v) is 20.0. The van der Waals surface area contributed by atoms with Gasteiger partial charge in [-0.2, -0.15) is 0 Å². The highest BCUT2D eigenvalue weighted by Gasteiger charge is 2.20. The van der Waals surface area contributed by atoms with Crippen LogP contribution in [0.25, 0.3) is 22.4 Å². The van der Waals surface area contributed by atoms with Crippen molar-refractivity contribution in [2.75, 3.05) is 44.2 Å². The molecule has 1 saturated heterocycles. The van der Waals surface area contributed by atoms with Gasteiger partial charge in [0, 0.05) is 43.9 Å². The number of benzene rings is 3. The molecule has 0 saturated carbocycles. The highest BCUT2D eigenvalue weighted by Crippen LogP contribution is 2.29. The van der Waals surface area contributed by atoms with Crippen molar-refractivity contribution >= 4 is 22.6 Å². The Morgan fingerprint density at radius 1 is 1.00 bits per heavy atom. The molecule has 1 aliphatic heterocycles. The van der Waals surface area contributed by atoms with Gasteiger partial charge in [0.15, 0.2) is 0 Å². The smallest absolute Gasteiger partial charge is 0.248 e. The fraction of sp³-hybridized carbons (Fsp3) is 0.286. The maximum Gasteiger partial charge on any atom is 0.248 e. The number of carbonyl (C=O) groups is 1. The summed E-state index contributed by atoms with van der Waals surface area (Å²) in [4.78, 5) is 24.5. The third-order valence-corrected chi connectivity index (χ3v) is 6.66. The topological polar surface area (TPSA) is 87.5 Å². The summed E-state index contributed by atoms with van der Waals surface area (Å²) >= 11 is 0. The van der Waals surface area contributed by atoms with E-state index in [1.165, 1.54) is 11.3 Å². The summed E-state index contributed by atoms with van der Waals surface area (Å²) in [6, 6.07) is 21.9. The molecule has 35 heavy (non-hydrogen) atoms. The van der Waals surface area contributed by atoms with Gasteiger partial charge in [-0.15, -0.1) is 0 Å². The van der Waals surface area contributed by atoms with Gasteiger partial charge < -0.3 is 20.4 Å². The SMILES string of the molecule is CCc1ccc(-c2nc3c(N4CCN(CCOc5ccc(C(N)=O)cc5)CC4)cccc3[nH]2)cc1. The zero-order chi connectivity index (χ0) is 24.2. The Morgan fingerprint density at radius 3 is 2.43 bits per heavy atom. The Balaban J connectivity index is 1.18. The molecule has 7 heteroatoms. The Bertz CT molecular complexity index is 1290. The number of H-pyrrole nitrogens is 1. The Morgan fingerprint density at radius 2 is 1.74 bits per heavy atom. The van der Waals surface area contributed by atoms with Crippen molar-refractivity contribution in [2.24, 2.45) is 5.73 Å². The van der Waals surface area contributed by atoms with Crippen LogP contribution in [-0.2, 0) is 6.42 Å². The Hall–Kier alpha value is -3.84. The molecule has 180 valence electrons. The maximum absolute atomic E-state index is 11.2. The summed E-state index contributed by atoms with van der Waals surface area (Å²) < 4.78 is 5.85. The number of imidazole rings is 1. The van der Waals surface area contributed by atoms with Crippen LogP contribution in [0.1, 0.15) is 22.8 Å². The molecule has 3 aromatic carbocycles. The van der Waals surface area contributed by atoms with E-state index in [1.807, 2.05) is 0 Å². The molecule has 4 aromatic rings. The molecule has 1 amide bonds. The average molecular weight is 470 g/mol. The van der Waals surface area contributed by atoms with E-state index in [1.54, 1.807) is 24.3 Å². The molecule has 0 atom stereocenters. The Labute approximate surface area is 205 Å². The lowest BCUT2D eigenvalue weighted by Gasteiger charge is -2.36. The number of nitrogens with two attached hydrogens (primary N) is 1. The first kappa shape index (κ1) is 22.9. The lowest BCUT2D eigenvalue weighted by Crippen LogP contribution is -2.47. The van der Waals surface area contributed by atoms with Crippen molar-refractivity contribution in [3.05, 3.63) is 77.9 Å². The number of para-hydroxylation sites is 1. The fourth-order valence-corrected chi connectivity index (χ4v) is 4.53. The molecule has 1 aliphatic rings. The first-order chi connectivity index (χ1) is 17.1. The molecule has 0 spiro atoms. The van der Waals surface area contributed by atoms with Crippen LogP contribution in [0.3, 0.4) is 0 Å². The van der Waals surface area contributed by atoms with Gasteiger partial charge in [-0.25, -0.2) is 4.98 Å². The first-order valence-corrected chi connectivity index (χ1v) is 12.2. The molecule has 0 aliphatic carbocycles. The van der Waals surface area contributed by atoms with Crippen molar-refractivity contribution in [1.29, 1.82) is 0 Å². The number of fused-ring (bicyclic) bond motifs is 1. The number of aryl methyl sites for hydroxylation is 1. The predicted octanol–water partition coefficient (Wildman–Crippen LogP) is 4.09. The fourth-order valence-electron chi connectivity index (χ4n) is 4.53. The number of primary amides is 1. The lowest BCUT2D eigenvalue weighted by molar-refractivity contribution is 0.1000. The van der Waals surface area contributed by atoms with Crippen molar-refractivity contribution in [2.45, 2.75) is 13.3 Å². The third kappa shape index (κ3) is 5.15. The van der Waals surface area contributed by atoms with Gasteiger partial charge in [-0.05, 0) is 48.4 Å². The molecule has 0 unspecified atom stereocenters. The van der Waals surface area contributed by atoms with E-state index >= 15 is 0 Å². The number of anilines is 1. The lowest BCUT2D eigenvalue weighted by atomic mass is 10.1. The van der Waals surface area contributed by atoms with E-state index in [2.05, 4.69) is 64.2 Å². The summed E-state index contributed by atoms with van der Waals surface area (Å²) in [5, 5.41) is 0. The standard InChI is InChI=1S/C28H31N5O2/c1-2-20-6-8-22(9-7-20)28-30-24-4-3-5-25(26(24)31-28)33-16-14-32(15-17-33)18-19-35-23-12-10-21(11-13-23)27(29)34/h3-13H,2,14-19H2,1H3,(H2,29,34)(H,30,31). The van der Waals surface area contributed by atoms with E-state index in [4.69, 9.17) is 15.5 Å². The van der Waals surface area contributed by atoms with Gasteiger partial charge in [0.2, 0.25) is 5.91 Å². The van der Waals surface area contributed by atoms with Crippen molar-refractivity contribution < 1.29 is 9.53 Å². The summed E-state index contributed by atoms with van der Waals surface area (Å²) in [7, 11) is 0. The number of nitrogens with zero attached hydrogens (tertiary/aromatic N) is 3. The number of hydrogen-bond acceptors (Lipinski definition) is 5. The second-order valence-electron chi connectivity index (χ2n) is 8.87. The number of rotatable bonds is 8. The van der Waals surface area contributed by atoms with E-state index in [-0.39, 0.29) is 0 Å². The number of amides is 1. The van der Waals surface area contributed by atoms with Gasteiger partial charge in [-0.1, -0.05) is 37.3 Å². The molecule has 2 heterocycles. The number of aromatic nitrogens is 2. The van der Waals surface area contributed by atoms with Crippen LogP contribution in [0.2, 0.25) is 0 Å². The highest BCUT2D eigenvalue weighted by atomic mass is 16.5. The van der Waals surface area contributed by atoms with E-state index in [0.717, 1.165) is 67.3 Å². The molecule has 7 nitrogen and oxygen atoms in total. The molecule has 3 N–H and O–H groups in total. The van der Waals surface area contributed by atoms with Gasteiger partial charge in [0.05, 0.1) is 11.2 Å². The number of hydrogen-bond donors (Lipinski definition) is 2. The van der Waals surface area contributed by atoms with Crippen LogP contribution < -0.4 is 15.4 Å². The predicted molar refractivity (Wildman–Crippen MR) is 140 cm³/mol. The van der Waals surface area contributed by atoms with E-state index in [9.17, 15) is 4.79 Å². The maximum atomic E-state index is 11.2. The van der Waals surface area contributed by atoms with Gasteiger partial charge in [0.1, 0.15) is 23.7 Å². The minimum Gasteiger partial charge on any atom is -0.492 e. The van der Waals surface area contributed by atoms with Crippen molar-refractivity contribution in [1.82, 2.24) is 14.9 Å². The van der Waals surface area contributed by atoms with Crippen LogP contribution in [0.4, 0.5) is 5.69 Å². The summed E-state index contributed by atoms with van der Waals surface area (Å²) in [6.45, 7) is 7.45. The van der Waals surface area contributed by atoms with E-state index < -0.39 is 5.91 Å². The highest BCUT2D eigenvalue weighted by molar-refractivity contribution is 5.93. The van der Waals surface area contributed by atoms with Crippen LogP contribution in [0.5, 0.6) is 5.75 Å². The Kier molecular flexibility index (Phi) is 6.68. The normalized spacial score (nSPS) is 14.4. The molecular formula is C28H31N5O2. The van der Waals surface area contributed by atoms with Crippen LogP contribution in [0, 0.1) is 0 Å². The molecule has 5 rings (SSSR count). The largest absolute Gasteiger partial charge is 0.492 e. The van der Waals surface area contributed by atoms with Crippen LogP contribution in [0.15, 0.2) is 66.7 Å². The minimum absolute atomic E-state index is 0.429. The van der Waals surface area contributed by atoms with Crippen LogP contribution in [-0.4, -0.2) is 60.1 Å².